The summed E-state index contributed by atoms with van der Waals surface area (Å²) in [4.78, 5) is 23.4. The number of nitrogens with one attached hydrogen (secondary N) is 1. The predicted molar refractivity (Wildman–Crippen MR) is 83.6 cm³/mol. The Labute approximate surface area is 139 Å². The van der Waals surface area contributed by atoms with Gasteiger partial charge in [0.25, 0.3) is 5.91 Å². The van der Waals surface area contributed by atoms with E-state index >= 15 is 0 Å². The van der Waals surface area contributed by atoms with Gasteiger partial charge in [0, 0.05) is 18.0 Å². The minimum absolute atomic E-state index is 0.125. The highest BCUT2D eigenvalue weighted by atomic mass is 16.7. The summed E-state index contributed by atoms with van der Waals surface area (Å²) in [5, 5.41) is 13.8. The molecule has 0 saturated carbocycles. The molecule has 0 fully saturated rings. The topological polar surface area (TPSA) is 87.7 Å². The molecule has 124 valence electrons. The van der Waals surface area contributed by atoms with Crippen LogP contribution in [0.25, 0.3) is 0 Å². The minimum Gasteiger partial charge on any atom is -0.550 e. The summed E-state index contributed by atoms with van der Waals surface area (Å²) in [7, 11) is 0. The van der Waals surface area contributed by atoms with E-state index in [1.807, 2.05) is 19.1 Å². The lowest BCUT2D eigenvalue weighted by Crippen LogP contribution is -2.34. The molecule has 0 bridgehead atoms. The van der Waals surface area contributed by atoms with Crippen molar-refractivity contribution in [2.75, 3.05) is 6.79 Å². The van der Waals surface area contributed by atoms with Crippen LogP contribution in [-0.4, -0.2) is 18.7 Å². The van der Waals surface area contributed by atoms with Gasteiger partial charge < -0.3 is 24.7 Å². The Balaban J connectivity index is 1.82. The standard InChI is InChI=1S/C18H17NO5/c1-11-2-4-12(5-3-11)18(22)19-14(9-17(20)21)13-6-7-15-16(8-13)24-10-23-15/h2-8,14H,9-10H2,1H3,(H,19,22)(H,20,21)/p-1/t14-/m0/s1. The summed E-state index contributed by atoms with van der Waals surface area (Å²) in [6, 6.07) is 11.4. The monoisotopic (exact) mass is 326 g/mol. The van der Waals surface area contributed by atoms with Crippen molar-refractivity contribution < 1.29 is 24.2 Å². The molecule has 0 unspecified atom stereocenters. The quantitative estimate of drug-likeness (QED) is 0.896. The second-order valence-corrected chi connectivity index (χ2v) is 5.58. The zero-order valence-electron chi connectivity index (χ0n) is 13.1. The first-order valence-electron chi connectivity index (χ1n) is 7.50. The fraction of sp³-hybridized carbons (Fsp3) is 0.222. The SMILES string of the molecule is Cc1ccc(C(=O)N[C@@H](CC(=O)[O-])c2ccc3c(c2)OCO3)cc1. The number of carboxylic acids is 1. The molecule has 0 radical (unpaired) electrons. The number of carbonyl (C=O) groups excluding carboxylic acids is 2. The van der Waals surface area contributed by atoms with Crippen molar-refractivity contribution in [2.45, 2.75) is 19.4 Å². The highest BCUT2D eigenvalue weighted by molar-refractivity contribution is 5.94. The Morgan fingerprint density at radius 1 is 1.12 bits per heavy atom. The highest BCUT2D eigenvalue weighted by Gasteiger charge is 2.20. The second kappa shape index (κ2) is 6.62. The van der Waals surface area contributed by atoms with E-state index in [1.165, 1.54) is 0 Å². The molecular weight excluding hydrogens is 310 g/mol. The highest BCUT2D eigenvalue weighted by Crippen LogP contribution is 2.34. The largest absolute Gasteiger partial charge is 0.550 e. The molecule has 2 aromatic rings. The number of hydrogen-bond acceptors (Lipinski definition) is 5. The number of ether oxygens (including phenoxy) is 2. The molecular formula is C18H16NO5-. The average molecular weight is 326 g/mol. The Bertz CT molecular complexity index is 769. The van der Waals surface area contributed by atoms with Crippen LogP contribution < -0.4 is 19.9 Å². The molecule has 1 atom stereocenters. The van der Waals surface area contributed by atoms with Crippen LogP contribution in [0.5, 0.6) is 11.5 Å². The van der Waals surface area contributed by atoms with E-state index in [2.05, 4.69) is 5.32 Å². The van der Waals surface area contributed by atoms with Crippen LogP contribution in [0.2, 0.25) is 0 Å². The van der Waals surface area contributed by atoms with Gasteiger partial charge >= 0.3 is 0 Å². The van der Waals surface area contributed by atoms with Gasteiger partial charge in [-0.1, -0.05) is 23.8 Å². The molecule has 1 aliphatic heterocycles. The van der Waals surface area contributed by atoms with Gasteiger partial charge in [0.1, 0.15) is 0 Å². The van der Waals surface area contributed by atoms with E-state index in [4.69, 9.17) is 9.47 Å². The van der Waals surface area contributed by atoms with Crippen molar-refractivity contribution in [3.05, 3.63) is 59.2 Å². The van der Waals surface area contributed by atoms with Gasteiger partial charge in [0.05, 0.1) is 6.04 Å². The maximum atomic E-state index is 12.4. The van der Waals surface area contributed by atoms with Crippen molar-refractivity contribution in [2.24, 2.45) is 0 Å². The van der Waals surface area contributed by atoms with E-state index in [-0.39, 0.29) is 19.1 Å². The van der Waals surface area contributed by atoms with Gasteiger partial charge in [0.15, 0.2) is 11.5 Å². The first-order chi connectivity index (χ1) is 11.5. The fourth-order valence-electron chi connectivity index (χ4n) is 2.50. The lowest BCUT2D eigenvalue weighted by Gasteiger charge is -2.20. The molecule has 1 amide bonds. The average Bonchev–Trinajstić information content (AvgIpc) is 3.02. The zero-order chi connectivity index (χ0) is 17.1. The van der Waals surface area contributed by atoms with Gasteiger partial charge in [-0.15, -0.1) is 0 Å². The molecule has 3 rings (SSSR count). The third kappa shape index (κ3) is 3.48. The number of aryl methyl sites for hydroxylation is 1. The molecule has 1 N–H and O–H groups in total. The van der Waals surface area contributed by atoms with Crippen LogP contribution in [0.1, 0.15) is 33.9 Å². The summed E-state index contributed by atoms with van der Waals surface area (Å²) in [6.45, 7) is 2.05. The van der Waals surface area contributed by atoms with Gasteiger partial charge in [-0.3, -0.25) is 4.79 Å². The fourth-order valence-corrected chi connectivity index (χ4v) is 2.50. The van der Waals surface area contributed by atoms with Crippen molar-refractivity contribution in [3.8, 4) is 11.5 Å². The van der Waals surface area contributed by atoms with Crippen LogP contribution >= 0.6 is 0 Å². The lowest BCUT2D eigenvalue weighted by atomic mass is 10.0. The van der Waals surface area contributed by atoms with Crippen LogP contribution in [0.3, 0.4) is 0 Å². The van der Waals surface area contributed by atoms with Gasteiger partial charge in [-0.05, 0) is 36.8 Å². The van der Waals surface area contributed by atoms with E-state index in [9.17, 15) is 14.7 Å². The number of carboxylic acid groups (broad SMARTS) is 1. The Morgan fingerprint density at radius 3 is 2.54 bits per heavy atom. The van der Waals surface area contributed by atoms with Gasteiger partial charge in [0.2, 0.25) is 6.79 Å². The first-order valence-corrected chi connectivity index (χ1v) is 7.50. The van der Waals surface area contributed by atoms with Crippen molar-refractivity contribution in [3.63, 3.8) is 0 Å². The molecule has 1 heterocycles. The second-order valence-electron chi connectivity index (χ2n) is 5.58. The number of carbonyl (C=O) groups is 2. The number of benzene rings is 2. The number of amides is 1. The molecule has 24 heavy (non-hydrogen) atoms. The molecule has 1 aliphatic rings. The third-order valence-corrected chi connectivity index (χ3v) is 3.79. The van der Waals surface area contributed by atoms with Crippen molar-refractivity contribution in [1.29, 1.82) is 0 Å². The number of hydrogen-bond donors (Lipinski definition) is 1. The smallest absolute Gasteiger partial charge is 0.251 e. The van der Waals surface area contributed by atoms with Crippen LogP contribution in [0.15, 0.2) is 42.5 Å². The van der Waals surface area contributed by atoms with E-state index in [1.54, 1.807) is 30.3 Å². The molecule has 0 saturated heterocycles. The third-order valence-electron chi connectivity index (χ3n) is 3.79. The first kappa shape index (κ1) is 15.9. The Morgan fingerprint density at radius 2 is 1.83 bits per heavy atom. The summed E-state index contributed by atoms with van der Waals surface area (Å²) >= 11 is 0. The molecule has 2 aromatic carbocycles. The number of aliphatic carboxylic acids is 1. The molecule has 0 spiro atoms. The lowest BCUT2D eigenvalue weighted by molar-refractivity contribution is -0.306. The summed E-state index contributed by atoms with van der Waals surface area (Å²) in [5.41, 5.74) is 2.11. The van der Waals surface area contributed by atoms with E-state index < -0.39 is 12.0 Å². The van der Waals surface area contributed by atoms with Crippen molar-refractivity contribution >= 4 is 11.9 Å². The summed E-state index contributed by atoms with van der Waals surface area (Å²) in [6.07, 6.45) is -0.336. The molecule has 6 heteroatoms. The van der Waals surface area contributed by atoms with Gasteiger partial charge in [-0.2, -0.15) is 0 Å². The number of rotatable bonds is 5. The minimum atomic E-state index is -1.25. The molecule has 0 aliphatic carbocycles. The summed E-state index contributed by atoms with van der Waals surface area (Å²) < 4.78 is 10.5. The number of fused-ring (bicyclic) bond motifs is 1. The summed E-state index contributed by atoms with van der Waals surface area (Å²) in [5.74, 6) is -0.475. The van der Waals surface area contributed by atoms with Crippen LogP contribution in [0, 0.1) is 6.92 Å². The molecule has 0 aromatic heterocycles. The Kier molecular flexibility index (Phi) is 4.37. The van der Waals surface area contributed by atoms with Gasteiger partial charge in [-0.25, -0.2) is 0 Å². The van der Waals surface area contributed by atoms with Crippen LogP contribution in [-0.2, 0) is 4.79 Å². The maximum Gasteiger partial charge on any atom is 0.251 e. The van der Waals surface area contributed by atoms with E-state index in [0.717, 1.165) is 5.56 Å². The maximum absolute atomic E-state index is 12.4. The zero-order valence-corrected chi connectivity index (χ0v) is 13.1. The molecule has 6 nitrogen and oxygen atoms in total. The predicted octanol–water partition coefficient (Wildman–Crippen LogP) is 1.33. The van der Waals surface area contributed by atoms with Crippen LogP contribution in [0.4, 0.5) is 0 Å². The normalized spacial score (nSPS) is 13.4. The van der Waals surface area contributed by atoms with Crippen molar-refractivity contribution in [1.82, 2.24) is 5.32 Å². The Hall–Kier alpha value is -3.02. The van der Waals surface area contributed by atoms with E-state index in [0.29, 0.717) is 22.6 Å².